The molecule has 3 aromatic rings. The molecule has 2 heterocycles. The van der Waals surface area contributed by atoms with Crippen molar-refractivity contribution in [2.45, 2.75) is 64.2 Å². The van der Waals surface area contributed by atoms with E-state index in [2.05, 4.69) is 30.1 Å². The Morgan fingerprint density at radius 1 is 1.18 bits per heavy atom. The van der Waals surface area contributed by atoms with E-state index in [1.165, 1.54) is 18.9 Å². The predicted molar refractivity (Wildman–Crippen MR) is 131 cm³/mol. The second-order valence-corrected chi connectivity index (χ2v) is 9.56. The fraction of sp³-hybridized carbons (Fsp3) is 0.379. The Morgan fingerprint density at radius 2 is 2.00 bits per heavy atom. The van der Waals surface area contributed by atoms with Crippen LogP contribution >= 0.6 is 0 Å². The van der Waals surface area contributed by atoms with Crippen molar-refractivity contribution in [1.29, 1.82) is 5.26 Å². The molecule has 2 unspecified atom stereocenters. The van der Waals surface area contributed by atoms with E-state index in [1.807, 2.05) is 25.3 Å². The molecule has 0 radical (unpaired) electrons. The number of nitriles is 1. The highest BCUT2D eigenvalue weighted by Crippen LogP contribution is 2.44. The highest BCUT2D eigenvalue weighted by molar-refractivity contribution is 5.69. The van der Waals surface area contributed by atoms with E-state index in [0.717, 1.165) is 48.2 Å². The Kier molecular flexibility index (Phi) is 6.24. The third kappa shape index (κ3) is 4.37. The summed E-state index contributed by atoms with van der Waals surface area (Å²) in [5, 5.41) is 9.51. The Balaban J connectivity index is 1.73. The van der Waals surface area contributed by atoms with E-state index >= 15 is 0 Å². The zero-order valence-electron chi connectivity index (χ0n) is 19.8. The third-order valence-electron chi connectivity index (χ3n) is 7.06. The number of rotatable bonds is 6. The lowest BCUT2D eigenvalue weighted by Crippen LogP contribution is -2.23. The van der Waals surface area contributed by atoms with Gasteiger partial charge >= 0.3 is 0 Å². The van der Waals surface area contributed by atoms with Gasteiger partial charge in [-0.05, 0) is 69.2 Å². The molecule has 2 aliphatic carbocycles. The highest BCUT2D eigenvalue weighted by atomic mass is 19.1. The van der Waals surface area contributed by atoms with Crippen LogP contribution in [-0.4, -0.2) is 15.0 Å². The number of hydrogen-bond donors (Lipinski definition) is 0. The van der Waals surface area contributed by atoms with Gasteiger partial charge in [-0.15, -0.1) is 0 Å². The Bertz CT molecular complexity index is 1290. The normalized spacial score (nSPS) is 20.0. The van der Waals surface area contributed by atoms with Crippen molar-refractivity contribution in [3.8, 4) is 28.7 Å². The highest BCUT2D eigenvalue weighted by Gasteiger charge is 2.33. The second-order valence-electron chi connectivity index (χ2n) is 9.56. The van der Waals surface area contributed by atoms with Crippen LogP contribution in [0.15, 0.2) is 54.2 Å². The minimum atomic E-state index is -0.279. The molecule has 0 aliphatic heterocycles. The summed E-state index contributed by atoms with van der Waals surface area (Å²) < 4.78 is 15.0. The molecule has 1 saturated carbocycles. The standard InChI is InChI=1S/C29H29FN4/c1-3-6-19-11-12-23-27(22-7-4-5-8-25(22)30)33-29(34-28(23)24(19)15-18(2)17-31)21-13-14-32-26(16-21)20-9-10-20/h4-5,7-8,13-16,19-20,24H,3,6,9-12H2,1-2H3/b18-15+. The number of pyridine rings is 1. The van der Waals surface area contributed by atoms with Gasteiger partial charge in [0.2, 0.25) is 0 Å². The van der Waals surface area contributed by atoms with Crippen LogP contribution in [0.1, 0.15) is 74.7 Å². The first kappa shape index (κ1) is 22.4. The number of aromatic nitrogens is 3. The summed E-state index contributed by atoms with van der Waals surface area (Å²) in [7, 11) is 0. The van der Waals surface area contributed by atoms with Crippen molar-refractivity contribution in [2.24, 2.45) is 5.92 Å². The first-order chi connectivity index (χ1) is 16.6. The molecule has 2 aliphatic rings. The van der Waals surface area contributed by atoms with Gasteiger partial charge in [-0.1, -0.05) is 31.6 Å². The number of halogens is 1. The van der Waals surface area contributed by atoms with Gasteiger partial charge in [-0.2, -0.15) is 5.26 Å². The molecule has 0 N–H and O–H groups in total. The van der Waals surface area contributed by atoms with Gasteiger partial charge < -0.3 is 0 Å². The topological polar surface area (TPSA) is 62.5 Å². The van der Waals surface area contributed by atoms with E-state index in [-0.39, 0.29) is 11.7 Å². The average molecular weight is 453 g/mol. The maximum atomic E-state index is 15.0. The molecule has 172 valence electrons. The van der Waals surface area contributed by atoms with Gasteiger partial charge in [0.1, 0.15) is 5.82 Å². The molecular formula is C29H29FN4. The lowest BCUT2D eigenvalue weighted by Gasteiger charge is -2.32. The quantitative estimate of drug-likeness (QED) is 0.373. The van der Waals surface area contributed by atoms with Crippen LogP contribution in [0, 0.1) is 23.1 Å². The van der Waals surface area contributed by atoms with Crippen molar-refractivity contribution in [3.63, 3.8) is 0 Å². The molecule has 2 aromatic heterocycles. The molecule has 4 nitrogen and oxygen atoms in total. The maximum absolute atomic E-state index is 15.0. The van der Waals surface area contributed by atoms with E-state index < -0.39 is 0 Å². The lowest BCUT2D eigenvalue weighted by atomic mass is 9.74. The van der Waals surface area contributed by atoms with Crippen molar-refractivity contribution >= 4 is 0 Å². The zero-order chi connectivity index (χ0) is 23.7. The van der Waals surface area contributed by atoms with Crippen molar-refractivity contribution in [1.82, 2.24) is 15.0 Å². The van der Waals surface area contributed by atoms with Crippen LogP contribution in [0.25, 0.3) is 22.6 Å². The molecule has 1 aromatic carbocycles. The SMILES string of the molecule is CCCC1CCc2c(-c3ccccc3F)nc(-c3ccnc(C4CC4)c3)nc2C1/C=C(\C)C#N. The number of allylic oxidation sites excluding steroid dienone is 2. The van der Waals surface area contributed by atoms with E-state index in [1.54, 1.807) is 12.1 Å². The van der Waals surface area contributed by atoms with Crippen LogP contribution in [-0.2, 0) is 6.42 Å². The van der Waals surface area contributed by atoms with E-state index in [0.29, 0.717) is 34.5 Å². The number of fused-ring (bicyclic) bond motifs is 1. The summed E-state index contributed by atoms with van der Waals surface area (Å²) in [6, 6.07) is 13.2. The number of benzene rings is 1. The first-order valence-electron chi connectivity index (χ1n) is 12.3. The fourth-order valence-corrected chi connectivity index (χ4v) is 5.17. The largest absolute Gasteiger partial charge is 0.261 e. The van der Waals surface area contributed by atoms with E-state index in [9.17, 15) is 9.65 Å². The second kappa shape index (κ2) is 9.46. The zero-order valence-corrected chi connectivity index (χ0v) is 19.8. The molecule has 0 saturated heterocycles. The number of nitrogens with zero attached hydrogens (tertiary/aromatic N) is 4. The van der Waals surface area contributed by atoms with Crippen LogP contribution in [0.3, 0.4) is 0 Å². The summed E-state index contributed by atoms with van der Waals surface area (Å²) in [4.78, 5) is 14.6. The minimum absolute atomic E-state index is 0.0142. The molecule has 34 heavy (non-hydrogen) atoms. The van der Waals surface area contributed by atoms with Gasteiger partial charge in [-0.3, -0.25) is 4.98 Å². The molecule has 5 heteroatoms. The van der Waals surface area contributed by atoms with Gasteiger partial charge in [0.05, 0.1) is 17.5 Å². The van der Waals surface area contributed by atoms with E-state index in [4.69, 9.17) is 9.97 Å². The van der Waals surface area contributed by atoms with Gasteiger partial charge in [0.25, 0.3) is 0 Å². The minimum Gasteiger partial charge on any atom is -0.261 e. The van der Waals surface area contributed by atoms with Crippen molar-refractivity contribution in [3.05, 3.63) is 77.0 Å². The summed E-state index contributed by atoms with van der Waals surface area (Å²) in [5.41, 5.74) is 5.79. The third-order valence-corrected chi connectivity index (χ3v) is 7.06. The smallest absolute Gasteiger partial charge is 0.160 e. The van der Waals surface area contributed by atoms with Crippen LogP contribution in [0.4, 0.5) is 4.39 Å². The Labute approximate surface area is 200 Å². The summed E-state index contributed by atoms with van der Waals surface area (Å²) >= 11 is 0. The summed E-state index contributed by atoms with van der Waals surface area (Å²) in [5.74, 6) is 1.26. The average Bonchev–Trinajstić information content (AvgIpc) is 3.71. The maximum Gasteiger partial charge on any atom is 0.160 e. The van der Waals surface area contributed by atoms with Gasteiger partial charge in [0.15, 0.2) is 5.82 Å². The van der Waals surface area contributed by atoms with Crippen LogP contribution in [0.2, 0.25) is 0 Å². The molecule has 5 rings (SSSR count). The monoisotopic (exact) mass is 452 g/mol. The molecule has 1 fully saturated rings. The molecule has 2 atom stereocenters. The van der Waals surface area contributed by atoms with Crippen molar-refractivity contribution in [2.75, 3.05) is 0 Å². The predicted octanol–water partition coefficient (Wildman–Crippen LogP) is 7.14. The number of hydrogen-bond acceptors (Lipinski definition) is 4. The van der Waals surface area contributed by atoms with Crippen LogP contribution < -0.4 is 0 Å². The molecule has 0 amide bonds. The molecule has 0 spiro atoms. The summed E-state index contributed by atoms with van der Waals surface area (Å²) in [6.07, 6.45) is 10.1. The first-order valence-corrected chi connectivity index (χ1v) is 12.3. The molecular weight excluding hydrogens is 423 g/mol. The Morgan fingerprint density at radius 3 is 2.74 bits per heavy atom. The summed E-state index contributed by atoms with van der Waals surface area (Å²) in [6.45, 7) is 4.04. The van der Waals surface area contributed by atoms with Crippen molar-refractivity contribution < 1.29 is 4.39 Å². The van der Waals surface area contributed by atoms with Crippen LogP contribution in [0.5, 0.6) is 0 Å². The lowest BCUT2D eigenvalue weighted by molar-refractivity contribution is 0.379. The van der Waals surface area contributed by atoms with Gasteiger partial charge in [0, 0.05) is 46.0 Å². The Hall–Kier alpha value is -3.39. The van der Waals surface area contributed by atoms with Gasteiger partial charge in [-0.25, -0.2) is 14.4 Å². The molecule has 0 bridgehead atoms. The fourth-order valence-electron chi connectivity index (χ4n) is 5.17.